The molecular formula is C12H19N5O. The Balaban J connectivity index is 2.09. The molecule has 1 aromatic heterocycles. The van der Waals surface area contributed by atoms with Crippen LogP contribution in [-0.2, 0) is 0 Å². The second-order valence-electron chi connectivity index (χ2n) is 4.73. The molecule has 1 atom stereocenters. The number of amides is 1. The van der Waals surface area contributed by atoms with Crippen molar-refractivity contribution in [2.24, 2.45) is 0 Å². The summed E-state index contributed by atoms with van der Waals surface area (Å²) < 4.78 is 0. The first-order valence-corrected chi connectivity index (χ1v) is 6.08. The van der Waals surface area contributed by atoms with Crippen molar-refractivity contribution >= 4 is 11.7 Å². The quantitative estimate of drug-likeness (QED) is 0.815. The molecule has 0 saturated carbocycles. The van der Waals surface area contributed by atoms with Crippen LogP contribution >= 0.6 is 0 Å². The van der Waals surface area contributed by atoms with E-state index in [0.717, 1.165) is 25.3 Å². The maximum absolute atomic E-state index is 11.7. The van der Waals surface area contributed by atoms with E-state index in [-0.39, 0.29) is 5.91 Å². The van der Waals surface area contributed by atoms with Crippen molar-refractivity contribution in [2.75, 3.05) is 39.1 Å². The molecule has 2 rings (SSSR count). The molecule has 0 spiro atoms. The van der Waals surface area contributed by atoms with Crippen LogP contribution in [0.25, 0.3) is 0 Å². The molecular weight excluding hydrogens is 230 g/mol. The van der Waals surface area contributed by atoms with Crippen molar-refractivity contribution in [3.63, 3.8) is 0 Å². The minimum absolute atomic E-state index is 0.126. The number of carbonyl (C=O) groups excluding carboxylic acids is 1. The van der Waals surface area contributed by atoms with E-state index >= 15 is 0 Å². The van der Waals surface area contributed by atoms with Gasteiger partial charge < -0.3 is 15.1 Å². The molecule has 1 aliphatic rings. The number of hydrogen-bond acceptors (Lipinski definition) is 5. The van der Waals surface area contributed by atoms with Crippen LogP contribution in [0.5, 0.6) is 0 Å². The zero-order chi connectivity index (χ0) is 13.1. The zero-order valence-corrected chi connectivity index (χ0v) is 11.1. The average molecular weight is 249 g/mol. The largest absolute Gasteiger partial charge is 0.354 e. The van der Waals surface area contributed by atoms with Crippen molar-refractivity contribution in [3.05, 3.63) is 17.8 Å². The molecule has 1 amide bonds. The van der Waals surface area contributed by atoms with Gasteiger partial charge in [-0.3, -0.25) is 4.79 Å². The van der Waals surface area contributed by atoms with Crippen molar-refractivity contribution in [1.29, 1.82) is 0 Å². The van der Waals surface area contributed by atoms with E-state index in [9.17, 15) is 4.79 Å². The molecule has 1 aliphatic heterocycles. The zero-order valence-electron chi connectivity index (χ0n) is 11.1. The van der Waals surface area contributed by atoms with Crippen molar-refractivity contribution < 1.29 is 4.79 Å². The Morgan fingerprint density at radius 1 is 1.33 bits per heavy atom. The van der Waals surface area contributed by atoms with Gasteiger partial charge in [0.15, 0.2) is 11.5 Å². The molecule has 0 radical (unpaired) electrons. The van der Waals surface area contributed by atoms with Gasteiger partial charge in [-0.2, -0.15) is 0 Å². The molecule has 98 valence electrons. The summed E-state index contributed by atoms with van der Waals surface area (Å²) in [4.78, 5) is 15.3. The third-order valence-electron chi connectivity index (χ3n) is 3.22. The Bertz CT molecular complexity index is 411. The molecule has 6 nitrogen and oxygen atoms in total. The van der Waals surface area contributed by atoms with Gasteiger partial charge in [0.2, 0.25) is 0 Å². The minimum atomic E-state index is -0.126. The number of rotatable bonds is 3. The Morgan fingerprint density at radius 2 is 2.11 bits per heavy atom. The van der Waals surface area contributed by atoms with Crippen LogP contribution in [0.4, 0.5) is 5.82 Å². The van der Waals surface area contributed by atoms with Crippen molar-refractivity contribution in [2.45, 2.75) is 12.5 Å². The first-order chi connectivity index (χ1) is 8.59. The fourth-order valence-electron chi connectivity index (χ4n) is 2.01. The van der Waals surface area contributed by atoms with Crippen LogP contribution in [0.2, 0.25) is 0 Å². The normalized spacial score (nSPS) is 18.7. The first kappa shape index (κ1) is 12.8. The van der Waals surface area contributed by atoms with Crippen LogP contribution < -0.4 is 10.2 Å². The van der Waals surface area contributed by atoms with E-state index in [2.05, 4.69) is 20.4 Å². The molecule has 18 heavy (non-hydrogen) atoms. The lowest BCUT2D eigenvalue weighted by molar-refractivity contribution is 0.0821. The van der Waals surface area contributed by atoms with E-state index in [0.29, 0.717) is 11.7 Å². The maximum Gasteiger partial charge on any atom is 0.273 e. The second kappa shape index (κ2) is 5.30. The lowest BCUT2D eigenvalue weighted by Crippen LogP contribution is -2.34. The lowest BCUT2D eigenvalue weighted by atomic mass is 10.2. The highest BCUT2D eigenvalue weighted by molar-refractivity contribution is 5.91. The van der Waals surface area contributed by atoms with Crippen molar-refractivity contribution in [3.8, 4) is 0 Å². The molecule has 1 saturated heterocycles. The summed E-state index contributed by atoms with van der Waals surface area (Å²) in [5.41, 5.74) is 0.377. The molecule has 1 unspecified atom stereocenters. The van der Waals surface area contributed by atoms with Gasteiger partial charge in [-0.1, -0.05) is 0 Å². The smallest absolute Gasteiger partial charge is 0.273 e. The molecule has 1 fully saturated rings. The van der Waals surface area contributed by atoms with Crippen LogP contribution in [-0.4, -0.2) is 61.3 Å². The average Bonchev–Trinajstić information content (AvgIpc) is 2.91. The molecule has 6 heteroatoms. The van der Waals surface area contributed by atoms with Crippen molar-refractivity contribution in [1.82, 2.24) is 20.4 Å². The maximum atomic E-state index is 11.7. The number of aromatic nitrogens is 2. The van der Waals surface area contributed by atoms with E-state index in [4.69, 9.17) is 0 Å². The van der Waals surface area contributed by atoms with Crippen LogP contribution in [0.1, 0.15) is 16.9 Å². The number of nitrogens with zero attached hydrogens (tertiary/aromatic N) is 4. The molecule has 1 N–H and O–H groups in total. The summed E-state index contributed by atoms with van der Waals surface area (Å²) in [5, 5.41) is 11.4. The van der Waals surface area contributed by atoms with E-state index in [1.165, 1.54) is 4.90 Å². The molecule has 0 bridgehead atoms. The summed E-state index contributed by atoms with van der Waals surface area (Å²) in [6.07, 6.45) is 1.11. The fourth-order valence-corrected chi connectivity index (χ4v) is 2.01. The molecule has 0 aromatic carbocycles. The summed E-state index contributed by atoms with van der Waals surface area (Å²) in [7, 11) is 5.41. The summed E-state index contributed by atoms with van der Waals surface area (Å²) in [6, 6.07) is 4.03. The predicted octanol–water partition coefficient (Wildman–Crippen LogP) is -0.0235. The molecule has 0 aliphatic carbocycles. The van der Waals surface area contributed by atoms with Crippen LogP contribution in [0.3, 0.4) is 0 Å². The first-order valence-electron chi connectivity index (χ1n) is 6.08. The summed E-state index contributed by atoms with van der Waals surface area (Å²) in [5.74, 6) is 0.679. The van der Waals surface area contributed by atoms with Crippen LogP contribution in [0, 0.1) is 0 Å². The Morgan fingerprint density at radius 3 is 2.61 bits per heavy atom. The Kier molecular flexibility index (Phi) is 3.76. The topological polar surface area (TPSA) is 61.4 Å². The Labute approximate surface area is 107 Å². The fraction of sp³-hybridized carbons (Fsp3) is 0.583. The monoisotopic (exact) mass is 249 g/mol. The molecule has 2 heterocycles. The van der Waals surface area contributed by atoms with E-state index in [1.54, 1.807) is 20.2 Å². The highest BCUT2D eigenvalue weighted by Crippen LogP contribution is 2.15. The van der Waals surface area contributed by atoms with E-state index in [1.807, 2.05) is 13.1 Å². The summed E-state index contributed by atoms with van der Waals surface area (Å²) in [6.45, 7) is 2.01. The SMILES string of the molecule is CN(C)C(=O)c1ccc(N(C)C2CCNC2)nn1. The highest BCUT2D eigenvalue weighted by Gasteiger charge is 2.21. The van der Waals surface area contributed by atoms with Crippen LogP contribution in [0.15, 0.2) is 12.1 Å². The standard InChI is InChI=1S/C12H19N5O/c1-16(2)12(18)10-4-5-11(15-14-10)17(3)9-6-7-13-8-9/h4-5,9,13H,6-8H2,1-3H3. The van der Waals surface area contributed by atoms with Gasteiger partial charge in [-0.05, 0) is 25.1 Å². The third kappa shape index (κ3) is 2.59. The van der Waals surface area contributed by atoms with Gasteiger partial charge >= 0.3 is 0 Å². The predicted molar refractivity (Wildman–Crippen MR) is 69.7 cm³/mol. The third-order valence-corrected chi connectivity index (χ3v) is 3.22. The lowest BCUT2D eigenvalue weighted by Gasteiger charge is -2.24. The second-order valence-corrected chi connectivity index (χ2v) is 4.73. The number of likely N-dealkylation sites (N-methyl/N-ethyl adjacent to an activating group) is 1. The number of anilines is 1. The summed E-state index contributed by atoms with van der Waals surface area (Å²) >= 11 is 0. The molecule has 1 aromatic rings. The van der Waals surface area contributed by atoms with Gasteiger partial charge in [-0.15, -0.1) is 10.2 Å². The Hall–Kier alpha value is -1.69. The minimum Gasteiger partial charge on any atom is -0.354 e. The van der Waals surface area contributed by atoms with E-state index < -0.39 is 0 Å². The highest BCUT2D eigenvalue weighted by atomic mass is 16.2. The number of nitrogens with one attached hydrogen (secondary N) is 1. The van der Waals surface area contributed by atoms with Gasteiger partial charge in [0.25, 0.3) is 5.91 Å². The number of carbonyl (C=O) groups is 1. The van der Waals surface area contributed by atoms with Gasteiger partial charge in [0.1, 0.15) is 0 Å². The van der Waals surface area contributed by atoms with Gasteiger partial charge in [0, 0.05) is 33.7 Å². The van der Waals surface area contributed by atoms with Gasteiger partial charge in [0.05, 0.1) is 0 Å². The van der Waals surface area contributed by atoms with Gasteiger partial charge in [-0.25, -0.2) is 0 Å². The number of hydrogen-bond donors (Lipinski definition) is 1.